The van der Waals surface area contributed by atoms with Crippen molar-refractivity contribution in [2.24, 2.45) is 0 Å². The van der Waals surface area contributed by atoms with Gasteiger partial charge >= 0.3 is 0 Å². The SMILES string of the molecule is CCCNc1ncccc1C(=O)NC(C)CS(C)=O. The van der Waals surface area contributed by atoms with Crippen molar-refractivity contribution in [2.45, 2.75) is 26.3 Å². The first kappa shape index (κ1) is 15.6. The lowest BCUT2D eigenvalue weighted by Gasteiger charge is -2.14. The van der Waals surface area contributed by atoms with Gasteiger partial charge in [-0.15, -0.1) is 0 Å². The molecule has 5 nitrogen and oxygen atoms in total. The van der Waals surface area contributed by atoms with Crippen molar-refractivity contribution in [3.63, 3.8) is 0 Å². The number of anilines is 1. The maximum atomic E-state index is 12.1. The molecule has 0 aliphatic heterocycles. The molecule has 0 aromatic carbocycles. The Balaban J connectivity index is 2.73. The highest BCUT2D eigenvalue weighted by Gasteiger charge is 2.14. The molecular formula is C13H21N3O2S. The van der Waals surface area contributed by atoms with Crippen molar-refractivity contribution in [1.82, 2.24) is 10.3 Å². The highest BCUT2D eigenvalue weighted by molar-refractivity contribution is 7.84. The van der Waals surface area contributed by atoms with Gasteiger partial charge in [0.2, 0.25) is 0 Å². The zero-order valence-corrected chi connectivity index (χ0v) is 12.4. The summed E-state index contributed by atoms with van der Waals surface area (Å²) in [4.78, 5) is 16.3. The quantitative estimate of drug-likeness (QED) is 0.793. The average molecular weight is 283 g/mol. The monoisotopic (exact) mass is 283 g/mol. The van der Waals surface area contributed by atoms with Crippen LogP contribution in [0.3, 0.4) is 0 Å². The lowest BCUT2D eigenvalue weighted by atomic mass is 10.2. The zero-order valence-electron chi connectivity index (χ0n) is 11.6. The summed E-state index contributed by atoms with van der Waals surface area (Å²) in [5, 5.41) is 5.96. The molecular weight excluding hydrogens is 262 g/mol. The number of amides is 1. The summed E-state index contributed by atoms with van der Waals surface area (Å²) in [6.45, 7) is 4.66. The standard InChI is InChI=1S/C13H21N3O2S/c1-4-7-14-12-11(6-5-8-15-12)13(17)16-10(2)9-19(3)18/h5-6,8,10H,4,7,9H2,1-3H3,(H,14,15)(H,16,17). The van der Waals surface area contributed by atoms with Crippen molar-refractivity contribution in [2.75, 3.05) is 23.9 Å². The van der Waals surface area contributed by atoms with E-state index < -0.39 is 10.8 Å². The number of rotatable bonds is 7. The summed E-state index contributed by atoms with van der Waals surface area (Å²) in [6, 6.07) is 3.34. The average Bonchev–Trinajstić information content (AvgIpc) is 2.35. The third kappa shape index (κ3) is 5.38. The molecule has 1 rings (SSSR count). The van der Waals surface area contributed by atoms with Gasteiger partial charge in [0.25, 0.3) is 5.91 Å². The molecule has 1 amide bonds. The molecule has 1 heterocycles. The molecule has 106 valence electrons. The Hall–Kier alpha value is -1.43. The molecule has 0 radical (unpaired) electrons. The Labute approximate surface area is 116 Å². The molecule has 0 spiro atoms. The van der Waals surface area contributed by atoms with Gasteiger partial charge in [0.1, 0.15) is 5.82 Å². The molecule has 1 aromatic heterocycles. The number of nitrogens with one attached hydrogen (secondary N) is 2. The fourth-order valence-electron chi connectivity index (χ4n) is 1.67. The summed E-state index contributed by atoms with van der Waals surface area (Å²) >= 11 is 0. The normalized spacial score (nSPS) is 13.6. The molecule has 0 saturated heterocycles. The van der Waals surface area contributed by atoms with Gasteiger partial charge in [-0.25, -0.2) is 4.98 Å². The lowest BCUT2D eigenvalue weighted by molar-refractivity contribution is 0.0944. The molecule has 1 aromatic rings. The molecule has 6 heteroatoms. The van der Waals surface area contributed by atoms with Crippen molar-refractivity contribution in [1.29, 1.82) is 0 Å². The van der Waals surface area contributed by atoms with E-state index in [1.165, 1.54) is 0 Å². The predicted molar refractivity (Wildman–Crippen MR) is 78.9 cm³/mol. The zero-order chi connectivity index (χ0) is 14.3. The molecule has 0 bridgehead atoms. The van der Waals surface area contributed by atoms with Crippen molar-refractivity contribution in [3.05, 3.63) is 23.9 Å². The highest BCUT2D eigenvalue weighted by atomic mass is 32.2. The molecule has 19 heavy (non-hydrogen) atoms. The number of hydrogen-bond acceptors (Lipinski definition) is 4. The van der Waals surface area contributed by atoms with Crippen LogP contribution in [0, 0.1) is 0 Å². The van der Waals surface area contributed by atoms with Gasteiger partial charge in [0.15, 0.2) is 0 Å². The van der Waals surface area contributed by atoms with Crippen LogP contribution in [0.15, 0.2) is 18.3 Å². The fraction of sp³-hybridized carbons (Fsp3) is 0.538. The second kappa shape index (κ2) is 7.89. The lowest BCUT2D eigenvalue weighted by Crippen LogP contribution is -2.36. The first-order valence-corrected chi connectivity index (χ1v) is 8.07. The van der Waals surface area contributed by atoms with E-state index in [1.807, 2.05) is 13.8 Å². The molecule has 0 aliphatic rings. The van der Waals surface area contributed by atoms with Crippen LogP contribution in [0.4, 0.5) is 5.82 Å². The van der Waals surface area contributed by atoms with Gasteiger partial charge in [-0.1, -0.05) is 6.92 Å². The minimum absolute atomic E-state index is 0.127. The van der Waals surface area contributed by atoms with Gasteiger partial charge in [0, 0.05) is 41.6 Å². The molecule has 2 atom stereocenters. The van der Waals surface area contributed by atoms with E-state index in [9.17, 15) is 9.00 Å². The van der Waals surface area contributed by atoms with Crippen molar-refractivity contribution < 1.29 is 9.00 Å². The van der Waals surface area contributed by atoms with Crippen molar-refractivity contribution >= 4 is 22.5 Å². The van der Waals surface area contributed by atoms with Crippen molar-refractivity contribution in [3.8, 4) is 0 Å². The van der Waals surface area contributed by atoms with E-state index in [2.05, 4.69) is 15.6 Å². The van der Waals surface area contributed by atoms with E-state index in [-0.39, 0.29) is 11.9 Å². The summed E-state index contributed by atoms with van der Waals surface area (Å²) in [6.07, 6.45) is 4.24. The molecule has 0 fully saturated rings. The van der Waals surface area contributed by atoms with Gasteiger partial charge < -0.3 is 10.6 Å². The Morgan fingerprint density at radius 1 is 1.53 bits per heavy atom. The molecule has 2 unspecified atom stereocenters. The summed E-state index contributed by atoms with van der Waals surface area (Å²) in [5.41, 5.74) is 0.518. The van der Waals surface area contributed by atoms with Gasteiger partial charge in [-0.3, -0.25) is 9.00 Å². The van der Waals surface area contributed by atoms with Crippen LogP contribution in [0.2, 0.25) is 0 Å². The van der Waals surface area contributed by atoms with E-state index in [1.54, 1.807) is 24.6 Å². The number of nitrogens with zero attached hydrogens (tertiary/aromatic N) is 1. The molecule has 2 N–H and O–H groups in total. The maximum absolute atomic E-state index is 12.1. The van der Waals surface area contributed by atoms with E-state index in [0.717, 1.165) is 13.0 Å². The highest BCUT2D eigenvalue weighted by Crippen LogP contribution is 2.11. The Kier molecular flexibility index (Phi) is 6.49. The van der Waals surface area contributed by atoms with Gasteiger partial charge in [0.05, 0.1) is 5.56 Å². The topological polar surface area (TPSA) is 71.1 Å². The predicted octanol–water partition coefficient (Wildman–Crippen LogP) is 1.40. The Morgan fingerprint density at radius 3 is 2.89 bits per heavy atom. The Bertz CT molecular complexity index is 451. The largest absolute Gasteiger partial charge is 0.369 e. The maximum Gasteiger partial charge on any atom is 0.255 e. The summed E-state index contributed by atoms with van der Waals surface area (Å²) < 4.78 is 11.1. The van der Waals surface area contributed by atoms with E-state index in [0.29, 0.717) is 17.1 Å². The van der Waals surface area contributed by atoms with Crippen LogP contribution in [0.25, 0.3) is 0 Å². The third-order valence-corrected chi connectivity index (χ3v) is 3.43. The number of carbonyl (C=O) groups excluding carboxylic acids is 1. The van der Waals surface area contributed by atoms with Crippen LogP contribution >= 0.6 is 0 Å². The summed E-state index contributed by atoms with van der Waals surface area (Å²) in [5.74, 6) is 0.848. The smallest absolute Gasteiger partial charge is 0.255 e. The van der Waals surface area contributed by atoms with E-state index in [4.69, 9.17) is 0 Å². The number of carbonyl (C=O) groups is 1. The second-order valence-corrected chi connectivity index (χ2v) is 5.92. The van der Waals surface area contributed by atoms with Crippen LogP contribution in [-0.2, 0) is 10.8 Å². The van der Waals surface area contributed by atoms with Crippen LogP contribution < -0.4 is 10.6 Å². The molecule has 0 saturated carbocycles. The summed E-state index contributed by atoms with van der Waals surface area (Å²) in [7, 11) is -0.925. The second-order valence-electron chi connectivity index (χ2n) is 4.44. The Morgan fingerprint density at radius 2 is 2.26 bits per heavy atom. The van der Waals surface area contributed by atoms with Crippen LogP contribution in [0.5, 0.6) is 0 Å². The molecule has 0 aliphatic carbocycles. The van der Waals surface area contributed by atoms with E-state index >= 15 is 0 Å². The minimum atomic E-state index is -0.925. The third-order valence-electron chi connectivity index (χ3n) is 2.46. The van der Waals surface area contributed by atoms with Gasteiger partial charge in [-0.2, -0.15) is 0 Å². The number of hydrogen-bond donors (Lipinski definition) is 2. The fourth-order valence-corrected chi connectivity index (χ4v) is 2.46. The number of aromatic nitrogens is 1. The number of pyridine rings is 1. The minimum Gasteiger partial charge on any atom is -0.369 e. The first-order valence-electron chi connectivity index (χ1n) is 6.34. The first-order chi connectivity index (χ1) is 9.04. The van der Waals surface area contributed by atoms with Crippen LogP contribution in [-0.4, -0.2) is 39.7 Å². The van der Waals surface area contributed by atoms with Gasteiger partial charge in [-0.05, 0) is 25.5 Å². The van der Waals surface area contributed by atoms with Crippen LogP contribution in [0.1, 0.15) is 30.6 Å².